The highest BCUT2D eigenvalue weighted by Gasteiger charge is 2.14. The number of carboxylic acids is 1. The van der Waals surface area contributed by atoms with Gasteiger partial charge in [0.25, 0.3) is 5.91 Å². The Balaban J connectivity index is 1.70. The second-order valence-electron chi connectivity index (χ2n) is 8.48. The van der Waals surface area contributed by atoms with Gasteiger partial charge in [0.05, 0.1) is 6.61 Å². The number of aryl methyl sites for hydroxylation is 3. The molecule has 194 valence electrons. The SMILES string of the molecule is CCOc1cc(/C=C(/NC(=O)COc2cc(C)c(Cl)c(C)c2)C(=O)O)ccc1OCc1ccc(C)cc1. The molecule has 0 aliphatic rings. The van der Waals surface area contributed by atoms with E-state index < -0.39 is 11.9 Å². The van der Waals surface area contributed by atoms with Gasteiger partial charge in [-0.2, -0.15) is 0 Å². The Labute approximate surface area is 221 Å². The number of benzene rings is 3. The van der Waals surface area contributed by atoms with Crippen LogP contribution < -0.4 is 19.5 Å². The fourth-order valence-electron chi connectivity index (χ4n) is 3.49. The highest BCUT2D eigenvalue weighted by molar-refractivity contribution is 6.32. The number of hydrogen-bond acceptors (Lipinski definition) is 5. The van der Waals surface area contributed by atoms with Gasteiger partial charge in [0.15, 0.2) is 18.1 Å². The van der Waals surface area contributed by atoms with Crippen molar-refractivity contribution in [3.05, 3.63) is 93.1 Å². The van der Waals surface area contributed by atoms with Gasteiger partial charge in [-0.1, -0.05) is 47.5 Å². The predicted molar refractivity (Wildman–Crippen MR) is 143 cm³/mol. The molecule has 3 aromatic rings. The zero-order valence-electron chi connectivity index (χ0n) is 21.3. The molecule has 0 radical (unpaired) electrons. The van der Waals surface area contributed by atoms with E-state index in [2.05, 4.69) is 5.32 Å². The van der Waals surface area contributed by atoms with Crippen molar-refractivity contribution in [3.63, 3.8) is 0 Å². The molecule has 37 heavy (non-hydrogen) atoms. The zero-order valence-corrected chi connectivity index (χ0v) is 22.0. The molecule has 0 unspecified atom stereocenters. The molecule has 2 N–H and O–H groups in total. The molecule has 7 nitrogen and oxygen atoms in total. The molecule has 3 aromatic carbocycles. The van der Waals surface area contributed by atoms with E-state index >= 15 is 0 Å². The van der Waals surface area contributed by atoms with Crippen molar-refractivity contribution in [1.29, 1.82) is 0 Å². The summed E-state index contributed by atoms with van der Waals surface area (Å²) in [5.74, 6) is -0.428. The van der Waals surface area contributed by atoms with Crippen LogP contribution in [0.3, 0.4) is 0 Å². The summed E-state index contributed by atoms with van der Waals surface area (Å²) in [6.07, 6.45) is 1.35. The first-order valence-electron chi connectivity index (χ1n) is 11.8. The molecule has 8 heteroatoms. The van der Waals surface area contributed by atoms with Crippen molar-refractivity contribution < 1.29 is 28.9 Å². The number of carbonyl (C=O) groups excluding carboxylic acids is 1. The number of nitrogens with one attached hydrogen (secondary N) is 1. The number of rotatable bonds is 11. The van der Waals surface area contributed by atoms with Gasteiger partial charge in [-0.25, -0.2) is 4.79 Å². The third kappa shape index (κ3) is 8.02. The Morgan fingerprint density at radius 3 is 2.22 bits per heavy atom. The number of halogens is 1. The van der Waals surface area contributed by atoms with Crippen LogP contribution >= 0.6 is 11.6 Å². The second-order valence-corrected chi connectivity index (χ2v) is 8.86. The summed E-state index contributed by atoms with van der Waals surface area (Å²) in [6, 6.07) is 16.5. The highest BCUT2D eigenvalue weighted by atomic mass is 35.5. The summed E-state index contributed by atoms with van der Waals surface area (Å²) in [5, 5.41) is 12.7. The quantitative estimate of drug-likeness (QED) is 0.305. The normalized spacial score (nSPS) is 11.1. The van der Waals surface area contributed by atoms with E-state index in [4.69, 9.17) is 25.8 Å². The molecule has 0 saturated heterocycles. The third-order valence-electron chi connectivity index (χ3n) is 5.38. The van der Waals surface area contributed by atoms with E-state index in [1.807, 2.05) is 52.0 Å². The van der Waals surface area contributed by atoms with Crippen LogP contribution in [0.4, 0.5) is 0 Å². The lowest BCUT2D eigenvalue weighted by Crippen LogP contribution is -2.31. The fraction of sp³-hybridized carbons (Fsp3) is 0.241. The third-order valence-corrected chi connectivity index (χ3v) is 5.97. The van der Waals surface area contributed by atoms with Gasteiger partial charge in [0, 0.05) is 5.02 Å². The zero-order chi connectivity index (χ0) is 26.9. The molecule has 0 aromatic heterocycles. The predicted octanol–water partition coefficient (Wildman–Crippen LogP) is 5.86. The summed E-state index contributed by atoms with van der Waals surface area (Å²) in [7, 11) is 0. The van der Waals surface area contributed by atoms with Gasteiger partial charge in [-0.3, -0.25) is 4.79 Å². The van der Waals surface area contributed by atoms with Crippen LogP contribution in [0.25, 0.3) is 6.08 Å². The molecule has 0 bridgehead atoms. The van der Waals surface area contributed by atoms with Crippen molar-refractivity contribution in [1.82, 2.24) is 5.32 Å². The molecule has 3 rings (SSSR count). The van der Waals surface area contributed by atoms with E-state index in [1.165, 1.54) is 6.08 Å². The number of carbonyl (C=O) groups is 2. The second kappa shape index (κ2) is 12.8. The Morgan fingerprint density at radius 1 is 0.919 bits per heavy atom. The highest BCUT2D eigenvalue weighted by Crippen LogP contribution is 2.30. The minimum absolute atomic E-state index is 0.298. The first-order chi connectivity index (χ1) is 17.7. The van der Waals surface area contributed by atoms with Gasteiger partial charge >= 0.3 is 5.97 Å². The van der Waals surface area contributed by atoms with E-state index in [-0.39, 0.29) is 12.3 Å². The molecule has 0 saturated carbocycles. The van der Waals surface area contributed by atoms with Crippen molar-refractivity contribution in [2.75, 3.05) is 13.2 Å². The Bertz CT molecular complexity index is 1280. The van der Waals surface area contributed by atoms with Crippen molar-refractivity contribution >= 4 is 29.6 Å². The van der Waals surface area contributed by atoms with Gasteiger partial charge < -0.3 is 24.6 Å². The molecule has 0 heterocycles. The smallest absolute Gasteiger partial charge is 0.352 e. The summed E-state index contributed by atoms with van der Waals surface area (Å²) in [4.78, 5) is 24.2. The van der Waals surface area contributed by atoms with Gasteiger partial charge in [0.1, 0.15) is 18.1 Å². The van der Waals surface area contributed by atoms with Gasteiger partial charge in [0.2, 0.25) is 0 Å². The minimum atomic E-state index is -1.29. The molecular formula is C29H30ClNO6. The van der Waals surface area contributed by atoms with Gasteiger partial charge in [-0.15, -0.1) is 0 Å². The molecule has 0 aliphatic heterocycles. The molecule has 0 spiro atoms. The minimum Gasteiger partial charge on any atom is -0.490 e. The summed E-state index contributed by atoms with van der Waals surface area (Å²) in [6.45, 7) is 7.94. The monoisotopic (exact) mass is 523 g/mol. The van der Waals surface area contributed by atoms with Gasteiger partial charge in [-0.05, 0) is 80.3 Å². The molecular weight excluding hydrogens is 494 g/mol. The number of carboxylic acid groups (broad SMARTS) is 1. The summed E-state index contributed by atoms with van der Waals surface area (Å²) < 4.78 is 17.2. The number of aliphatic carboxylic acids is 1. The topological polar surface area (TPSA) is 94.1 Å². The Hall–Kier alpha value is -3.97. The van der Waals surface area contributed by atoms with E-state index in [1.54, 1.807) is 30.3 Å². The maximum Gasteiger partial charge on any atom is 0.352 e. The Morgan fingerprint density at radius 2 is 1.59 bits per heavy atom. The number of hydrogen-bond donors (Lipinski definition) is 2. The van der Waals surface area contributed by atoms with Crippen molar-refractivity contribution in [2.24, 2.45) is 0 Å². The summed E-state index contributed by atoms with van der Waals surface area (Å²) in [5.41, 5.74) is 4.04. The van der Waals surface area contributed by atoms with Crippen molar-refractivity contribution in [2.45, 2.75) is 34.3 Å². The molecule has 1 amide bonds. The number of amides is 1. The van der Waals surface area contributed by atoms with E-state index in [0.717, 1.165) is 22.3 Å². The Kier molecular flexibility index (Phi) is 9.57. The van der Waals surface area contributed by atoms with Crippen LogP contribution in [0.1, 0.15) is 34.7 Å². The molecule has 0 atom stereocenters. The van der Waals surface area contributed by atoms with Crippen LogP contribution in [0, 0.1) is 20.8 Å². The fourth-order valence-corrected chi connectivity index (χ4v) is 3.60. The first kappa shape index (κ1) is 27.6. The standard InChI is InChI=1S/C29H30ClNO6/c1-5-35-26-15-22(10-11-25(26)37-16-21-8-6-18(2)7-9-21)14-24(29(33)34)31-27(32)17-36-23-12-19(3)28(30)20(4)13-23/h6-15H,5,16-17H2,1-4H3,(H,31,32)(H,33,34)/b24-14+. The maximum absolute atomic E-state index is 12.4. The average Bonchev–Trinajstić information content (AvgIpc) is 2.86. The van der Waals surface area contributed by atoms with E-state index in [9.17, 15) is 14.7 Å². The van der Waals surface area contributed by atoms with Crippen LogP contribution in [0.5, 0.6) is 17.2 Å². The lowest BCUT2D eigenvalue weighted by atomic mass is 10.1. The summed E-state index contributed by atoms with van der Waals surface area (Å²) >= 11 is 6.16. The largest absolute Gasteiger partial charge is 0.490 e. The molecule has 0 fully saturated rings. The van der Waals surface area contributed by atoms with Crippen LogP contribution in [-0.2, 0) is 16.2 Å². The van der Waals surface area contributed by atoms with Crippen LogP contribution in [0.15, 0.2) is 60.3 Å². The van der Waals surface area contributed by atoms with Crippen LogP contribution in [-0.4, -0.2) is 30.2 Å². The van der Waals surface area contributed by atoms with E-state index in [0.29, 0.717) is 41.0 Å². The van der Waals surface area contributed by atoms with Crippen molar-refractivity contribution in [3.8, 4) is 17.2 Å². The van der Waals surface area contributed by atoms with Crippen LogP contribution in [0.2, 0.25) is 5.02 Å². The number of ether oxygens (including phenoxy) is 3. The molecule has 0 aliphatic carbocycles. The maximum atomic E-state index is 12.4. The lowest BCUT2D eigenvalue weighted by molar-refractivity contribution is -0.134. The lowest BCUT2D eigenvalue weighted by Gasteiger charge is -2.13. The average molecular weight is 524 g/mol. The first-order valence-corrected chi connectivity index (χ1v) is 12.1.